The molecular formula is C10H10BrClO2S. The lowest BCUT2D eigenvalue weighted by molar-refractivity contribution is 0.575. The molecule has 0 amide bonds. The summed E-state index contributed by atoms with van der Waals surface area (Å²) in [5.41, 5.74) is 2.32. The average molecular weight is 310 g/mol. The van der Waals surface area contributed by atoms with E-state index in [2.05, 4.69) is 15.9 Å². The molecule has 0 N–H and O–H groups in total. The summed E-state index contributed by atoms with van der Waals surface area (Å²) in [6, 6.07) is 5.95. The van der Waals surface area contributed by atoms with E-state index >= 15 is 0 Å². The second-order valence-electron chi connectivity index (χ2n) is 3.75. The first kappa shape index (κ1) is 11.4. The van der Waals surface area contributed by atoms with Gasteiger partial charge in [-0.2, -0.15) is 0 Å². The highest BCUT2D eigenvalue weighted by Crippen LogP contribution is 2.29. The molecule has 1 aromatic carbocycles. The van der Waals surface area contributed by atoms with Gasteiger partial charge in [-0.1, -0.05) is 22.0 Å². The number of fused-ring (bicyclic) bond motifs is 1. The minimum atomic E-state index is -3.42. The first-order valence-electron chi connectivity index (χ1n) is 4.67. The van der Waals surface area contributed by atoms with Crippen LogP contribution in [0.25, 0.3) is 0 Å². The minimum absolute atomic E-state index is 0.423. The van der Waals surface area contributed by atoms with Crippen LogP contribution in [-0.2, 0) is 21.9 Å². The van der Waals surface area contributed by atoms with Gasteiger partial charge in [-0.05, 0) is 42.5 Å². The van der Waals surface area contributed by atoms with Crippen molar-refractivity contribution in [3.63, 3.8) is 0 Å². The molecule has 0 heterocycles. The molecule has 0 saturated carbocycles. The summed E-state index contributed by atoms with van der Waals surface area (Å²) in [5, 5.41) is -0.423. The second kappa shape index (κ2) is 4.07. The van der Waals surface area contributed by atoms with E-state index in [0.717, 1.165) is 16.5 Å². The molecule has 0 aromatic heterocycles. The lowest BCUT2D eigenvalue weighted by Gasteiger charge is -2.22. The van der Waals surface area contributed by atoms with Crippen molar-refractivity contribution in [3.05, 3.63) is 33.8 Å². The average Bonchev–Trinajstić information content (AvgIpc) is 2.15. The van der Waals surface area contributed by atoms with Crippen LogP contribution in [0, 0.1) is 0 Å². The fraction of sp³-hybridized carbons (Fsp3) is 0.400. The zero-order valence-electron chi connectivity index (χ0n) is 7.91. The molecule has 0 bridgehead atoms. The van der Waals surface area contributed by atoms with E-state index in [1.54, 1.807) is 0 Å². The van der Waals surface area contributed by atoms with Gasteiger partial charge >= 0.3 is 0 Å². The summed E-state index contributed by atoms with van der Waals surface area (Å²) < 4.78 is 23.5. The van der Waals surface area contributed by atoms with E-state index in [0.29, 0.717) is 12.8 Å². The number of halogens is 2. The maximum Gasteiger partial charge on any atom is 0.235 e. The van der Waals surface area contributed by atoms with E-state index in [9.17, 15) is 8.42 Å². The zero-order valence-corrected chi connectivity index (χ0v) is 11.1. The topological polar surface area (TPSA) is 34.1 Å². The molecule has 82 valence electrons. The summed E-state index contributed by atoms with van der Waals surface area (Å²) in [5.74, 6) is 0. The van der Waals surface area contributed by atoms with Gasteiger partial charge < -0.3 is 0 Å². The Labute approximate surface area is 102 Å². The standard InChI is InChI=1S/C10H10BrClO2S/c11-9-3-1-8-6-10(15(12,13)14)4-2-7(8)5-9/h1,3,5,10H,2,4,6H2. The summed E-state index contributed by atoms with van der Waals surface area (Å²) in [7, 11) is 1.95. The number of benzene rings is 1. The Hall–Kier alpha value is -0.0600. The molecule has 0 fully saturated rings. The molecule has 1 aromatic rings. The van der Waals surface area contributed by atoms with Crippen LogP contribution < -0.4 is 0 Å². The summed E-state index contributed by atoms with van der Waals surface area (Å²) in [6.07, 6.45) is 1.94. The van der Waals surface area contributed by atoms with E-state index in [-0.39, 0.29) is 0 Å². The molecule has 1 aliphatic carbocycles. The highest BCUT2D eigenvalue weighted by molar-refractivity contribution is 9.10. The molecule has 2 nitrogen and oxygen atoms in total. The number of hydrogen-bond donors (Lipinski definition) is 0. The first-order valence-corrected chi connectivity index (χ1v) is 7.84. The summed E-state index contributed by atoms with van der Waals surface area (Å²) in [6.45, 7) is 0. The van der Waals surface area contributed by atoms with Crippen molar-refractivity contribution in [2.45, 2.75) is 24.5 Å². The maximum absolute atomic E-state index is 11.2. The maximum atomic E-state index is 11.2. The van der Waals surface area contributed by atoms with E-state index in [1.165, 1.54) is 5.56 Å². The van der Waals surface area contributed by atoms with Crippen molar-refractivity contribution < 1.29 is 8.42 Å². The third-order valence-corrected chi connectivity index (χ3v) is 5.20. The van der Waals surface area contributed by atoms with Gasteiger partial charge in [0.1, 0.15) is 0 Å². The van der Waals surface area contributed by atoms with Crippen LogP contribution in [-0.4, -0.2) is 13.7 Å². The molecule has 5 heteroatoms. The van der Waals surface area contributed by atoms with Crippen LogP contribution in [0.4, 0.5) is 0 Å². The molecule has 15 heavy (non-hydrogen) atoms. The Morgan fingerprint density at radius 1 is 1.33 bits per heavy atom. The van der Waals surface area contributed by atoms with Gasteiger partial charge in [0, 0.05) is 15.2 Å². The van der Waals surface area contributed by atoms with Crippen molar-refractivity contribution in [1.82, 2.24) is 0 Å². The smallest absolute Gasteiger partial charge is 0.212 e. The predicted octanol–water partition coefficient (Wildman–Crippen LogP) is 2.88. The SMILES string of the molecule is O=S(=O)(Cl)C1CCc2cc(Br)ccc2C1. The molecule has 0 aliphatic heterocycles. The van der Waals surface area contributed by atoms with Gasteiger partial charge in [0.05, 0.1) is 5.25 Å². The molecule has 2 rings (SSSR count). The highest BCUT2D eigenvalue weighted by atomic mass is 79.9. The third kappa shape index (κ3) is 2.55. The molecule has 1 aliphatic rings. The Balaban J connectivity index is 2.32. The first-order chi connectivity index (χ1) is 6.97. The summed E-state index contributed by atoms with van der Waals surface area (Å²) in [4.78, 5) is 0. The monoisotopic (exact) mass is 308 g/mol. The quantitative estimate of drug-likeness (QED) is 0.748. The van der Waals surface area contributed by atoms with Crippen molar-refractivity contribution in [1.29, 1.82) is 0 Å². The molecule has 1 atom stereocenters. The van der Waals surface area contributed by atoms with Crippen molar-refractivity contribution in [3.8, 4) is 0 Å². The fourth-order valence-electron chi connectivity index (χ4n) is 1.93. The van der Waals surface area contributed by atoms with E-state index in [1.807, 2.05) is 18.2 Å². The van der Waals surface area contributed by atoms with Gasteiger partial charge in [0.25, 0.3) is 0 Å². The van der Waals surface area contributed by atoms with E-state index < -0.39 is 14.3 Å². The van der Waals surface area contributed by atoms with Crippen molar-refractivity contribution >= 4 is 35.7 Å². The Morgan fingerprint density at radius 3 is 2.73 bits per heavy atom. The molecule has 0 spiro atoms. The predicted molar refractivity (Wildman–Crippen MR) is 64.7 cm³/mol. The second-order valence-corrected chi connectivity index (χ2v) is 7.58. The lowest BCUT2D eigenvalue weighted by atomic mass is 9.91. The van der Waals surface area contributed by atoms with Crippen LogP contribution in [0.5, 0.6) is 0 Å². The number of rotatable bonds is 1. The third-order valence-electron chi connectivity index (χ3n) is 2.75. The van der Waals surface area contributed by atoms with Gasteiger partial charge in [0.15, 0.2) is 0 Å². The van der Waals surface area contributed by atoms with Crippen molar-refractivity contribution in [2.24, 2.45) is 0 Å². The number of hydrogen-bond acceptors (Lipinski definition) is 2. The molecule has 0 saturated heterocycles. The molecule has 0 radical (unpaired) electrons. The summed E-state index contributed by atoms with van der Waals surface area (Å²) >= 11 is 3.40. The lowest BCUT2D eigenvalue weighted by Crippen LogP contribution is -2.24. The Bertz CT molecular complexity index is 484. The Morgan fingerprint density at radius 2 is 2.07 bits per heavy atom. The molecule has 1 unspecified atom stereocenters. The van der Waals surface area contributed by atoms with Crippen LogP contribution in [0.3, 0.4) is 0 Å². The normalized spacial score (nSPS) is 21.1. The number of aryl methyl sites for hydroxylation is 1. The van der Waals surface area contributed by atoms with E-state index in [4.69, 9.17) is 10.7 Å². The van der Waals surface area contributed by atoms with Gasteiger partial charge in [-0.15, -0.1) is 0 Å². The van der Waals surface area contributed by atoms with Crippen molar-refractivity contribution in [2.75, 3.05) is 0 Å². The van der Waals surface area contributed by atoms with Crippen LogP contribution in [0.15, 0.2) is 22.7 Å². The minimum Gasteiger partial charge on any atom is -0.212 e. The highest BCUT2D eigenvalue weighted by Gasteiger charge is 2.27. The van der Waals surface area contributed by atoms with Crippen LogP contribution in [0.1, 0.15) is 17.5 Å². The fourth-order valence-corrected chi connectivity index (χ4v) is 3.57. The van der Waals surface area contributed by atoms with Gasteiger partial charge in [-0.3, -0.25) is 0 Å². The largest absolute Gasteiger partial charge is 0.235 e. The Kier molecular flexibility index (Phi) is 3.10. The van der Waals surface area contributed by atoms with Crippen LogP contribution >= 0.6 is 26.6 Å². The molecular weight excluding hydrogens is 300 g/mol. The van der Waals surface area contributed by atoms with Crippen LogP contribution in [0.2, 0.25) is 0 Å². The van der Waals surface area contributed by atoms with Gasteiger partial charge in [-0.25, -0.2) is 8.42 Å². The van der Waals surface area contributed by atoms with Gasteiger partial charge in [0.2, 0.25) is 9.05 Å². The zero-order chi connectivity index (χ0) is 11.1.